The van der Waals surface area contributed by atoms with E-state index in [2.05, 4.69) is 5.32 Å². The van der Waals surface area contributed by atoms with Crippen molar-refractivity contribution in [3.8, 4) is 0 Å². The zero-order chi connectivity index (χ0) is 15.3. The molecule has 2 amide bonds. The quantitative estimate of drug-likeness (QED) is 0.812. The first kappa shape index (κ1) is 15.8. The Kier molecular flexibility index (Phi) is 5.24. The topological polar surface area (TPSA) is 97.4 Å². The van der Waals surface area contributed by atoms with Crippen molar-refractivity contribution in [3.63, 3.8) is 0 Å². The van der Waals surface area contributed by atoms with Crippen LogP contribution < -0.4 is 10.5 Å². The van der Waals surface area contributed by atoms with Crippen LogP contribution >= 0.6 is 0 Å². The molecular formula is C13H22N4O3S. The lowest BCUT2D eigenvalue weighted by Gasteiger charge is -2.31. The predicted molar refractivity (Wildman–Crippen MR) is 80.1 cm³/mol. The largest absolute Gasteiger partial charge is 0.353 e. The van der Waals surface area contributed by atoms with Crippen LogP contribution in [0.4, 0.5) is 4.79 Å². The van der Waals surface area contributed by atoms with Crippen LogP contribution in [-0.4, -0.2) is 49.3 Å². The lowest BCUT2D eigenvalue weighted by molar-refractivity contribution is 0.174. The van der Waals surface area contributed by atoms with Crippen molar-refractivity contribution in [1.82, 2.24) is 14.8 Å². The van der Waals surface area contributed by atoms with Crippen molar-refractivity contribution in [2.24, 2.45) is 11.1 Å². The third-order valence-electron chi connectivity index (χ3n) is 3.68. The summed E-state index contributed by atoms with van der Waals surface area (Å²) in [4.78, 5) is 13.7. The van der Waals surface area contributed by atoms with Crippen molar-refractivity contribution in [3.05, 3.63) is 24.5 Å². The van der Waals surface area contributed by atoms with E-state index in [9.17, 15) is 13.2 Å². The monoisotopic (exact) mass is 314 g/mol. The molecule has 2 heterocycles. The fourth-order valence-electron chi connectivity index (χ4n) is 2.55. The van der Waals surface area contributed by atoms with E-state index in [0.29, 0.717) is 32.5 Å². The zero-order valence-electron chi connectivity index (χ0n) is 11.9. The van der Waals surface area contributed by atoms with Gasteiger partial charge in [0.1, 0.15) is 0 Å². The van der Waals surface area contributed by atoms with E-state index >= 15 is 0 Å². The van der Waals surface area contributed by atoms with Gasteiger partial charge in [0, 0.05) is 38.6 Å². The third kappa shape index (κ3) is 5.39. The van der Waals surface area contributed by atoms with Crippen LogP contribution in [0.5, 0.6) is 0 Å². The average Bonchev–Trinajstić information content (AvgIpc) is 2.91. The second-order valence-corrected chi connectivity index (χ2v) is 7.07. The Bertz CT molecular complexity index is 548. The Morgan fingerprint density at radius 1 is 1.24 bits per heavy atom. The minimum atomic E-state index is -3.42. The number of rotatable bonds is 5. The highest BCUT2D eigenvalue weighted by Crippen LogP contribution is 2.18. The molecule has 1 aromatic heterocycles. The molecule has 1 fully saturated rings. The maximum Gasteiger partial charge on any atom is 0.317 e. The molecule has 1 aliphatic heterocycles. The number of likely N-dealkylation sites (tertiary alicyclic amines) is 1. The number of amides is 2. The Balaban J connectivity index is 1.68. The van der Waals surface area contributed by atoms with E-state index in [1.165, 1.54) is 0 Å². The summed E-state index contributed by atoms with van der Waals surface area (Å²) < 4.78 is 24.1. The van der Waals surface area contributed by atoms with Gasteiger partial charge in [-0.15, -0.1) is 0 Å². The lowest BCUT2D eigenvalue weighted by atomic mass is 9.99. The van der Waals surface area contributed by atoms with Crippen molar-refractivity contribution >= 4 is 16.1 Å². The number of primary sulfonamides is 1. The van der Waals surface area contributed by atoms with Crippen LogP contribution in [0.1, 0.15) is 12.8 Å². The molecule has 0 bridgehead atoms. The van der Waals surface area contributed by atoms with Gasteiger partial charge in [-0.05, 0) is 30.9 Å². The molecule has 0 atom stereocenters. The highest BCUT2D eigenvalue weighted by molar-refractivity contribution is 7.89. The van der Waals surface area contributed by atoms with Crippen molar-refractivity contribution < 1.29 is 13.2 Å². The highest BCUT2D eigenvalue weighted by Gasteiger charge is 2.25. The maximum absolute atomic E-state index is 12.0. The van der Waals surface area contributed by atoms with Gasteiger partial charge in [0.2, 0.25) is 10.0 Å². The van der Waals surface area contributed by atoms with Crippen LogP contribution in [0, 0.1) is 5.92 Å². The van der Waals surface area contributed by atoms with Crippen LogP contribution in [-0.2, 0) is 16.6 Å². The number of nitrogens with zero attached hydrogens (tertiary/aromatic N) is 2. The summed E-state index contributed by atoms with van der Waals surface area (Å²) >= 11 is 0. The van der Waals surface area contributed by atoms with Gasteiger partial charge in [-0.1, -0.05) is 0 Å². The molecule has 0 unspecified atom stereocenters. The Morgan fingerprint density at radius 3 is 2.43 bits per heavy atom. The van der Waals surface area contributed by atoms with Gasteiger partial charge in [-0.25, -0.2) is 18.4 Å². The van der Waals surface area contributed by atoms with Crippen molar-refractivity contribution in [1.29, 1.82) is 0 Å². The Hall–Kier alpha value is -1.54. The van der Waals surface area contributed by atoms with E-state index in [0.717, 1.165) is 6.54 Å². The van der Waals surface area contributed by atoms with Crippen LogP contribution in [0.15, 0.2) is 24.5 Å². The minimum absolute atomic E-state index is 0.0100. The van der Waals surface area contributed by atoms with Gasteiger partial charge in [0.25, 0.3) is 0 Å². The molecule has 21 heavy (non-hydrogen) atoms. The van der Waals surface area contributed by atoms with Gasteiger partial charge in [-0.3, -0.25) is 0 Å². The molecule has 1 aliphatic rings. The average molecular weight is 314 g/mol. The number of sulfonamides is 1. The summed E-state index contributed by atoms with van der Waals surface area (Å²) in [5.41, 5.74) is 0. The summed E-state index contributed by atoms with van der Waals surface area (Å²) in [6.45, 7) is 2.47. The molecule has 2 rings (SSSR count). The molecule has 1 aromatic rings. The van der Waals surface area contributed by atoms with E-state index in [4.69, 9.17) is 5.14 Å². The molecule has 3 N–H and O–H groups in total. The van der Waals surface area contributed by atoms with Gasteiger partial charge >= 0.3 is 6.03 Å². The number of carbonyl (C=O) groups excluding carboxylic acids is 1. The number of carbonyl (C=O) groups is 1. The van der Waals surface area contributed by atoms with E-state index in [1.807, 2.05) is 29.1 Å². The summed E-state index contributed by atoms with van der Waals surface area (Å²) in [6.07, 6.45) is 5.26. The molecule has 0 radical (unpaired) electrons. The third-order valence-corrected chi connectivity index (χ3v) is 4.62. The number of nitrogens with two attached hydrogens (primary N) is 1. The molecule has 0 saturated carbocycles. The van der Waals surface area contributed by atoms with Crippen LogP contribution in [0.25, 0.3) is 0 Å². The molecule has 7 nitrogen and oxygen atoms in total. The van der Waals surface area contributed by atoms with E-state index in [-0.39, 0.29) is 17.7 Å². The van der Waals surface area contributed by atoms with Gasteiger partial charge in [-0.2, -0.15) is 0 Å². The van der Waals surface area contributed by atoms with E-state index in [1.54, 1.807) is 4.90 Å². The maximum atomic E-state index is 12.0. The summed E-state index contributed by atoms with van der Waals surface area (Å²) in [5.74, 6) is 0.0692. The number of hydrogen-bond acceptors (Lipinski definition) is 3. The second kappa shape index (κ2) is 6.95. The zero-order valence-corrected chi connectivity index (χ0v) is 12.8. The number of nitrogens with one attached hydrogen (secondary N) is 1. The number of piperidine rings is 1. The van der Waals surface area contributed by atoms with Gasteiger partial charge in [0.15, 0.2) is 0 Å². The highest BCUT2D eigenvalue weighted by atomic mass is 32.2. The van der Waals surface area contributed by atoms with Gasteiger partial charge in [0.05, 0.1) is 5.75 Å². The summed E-state index contributed by atoms with van der Waals surface area (Å²) in [5, 5.41) is 7.93. The lowest BCUT2D eigenvalue weighted by Crippen LogP contribution is -2.46. The SMILES string of the molecule is NS(=O)(=O)CC1CCN(C(=O)NCCn2cccc2)CC1. The fraction of sp³-hybridized carbons (Fsp3) is 0.615. The fourth-order valence-corrected chi connectivity index (χ4v) is 3.54. The summed E-state index contributed by atoms with van der Waals surface area (Å²) in [6, 6.07) is 3.80. The molecule has 8 heteroatoms. The number of aromatic nitrogens is 1. The molecule has 0 aliphatic carbocycles. The normalized spacial score (nSPS) is 16.9. The van der Waals surface area contributed by atoms with E-state index < -0.39 is 10.0 Å². The molecule has 118 valence electrons. The van der Waals surface area contributed by atoms with Crippen molar-refractivity contribution in [2.45, 2.75) is 19.4 Å². The first-order valence-electron chi connectivity index (χ1n) is 7.08. The van der Waals surface area contributed by atoms with Gasteiger partial charge < -0.3 is 14.8 Å². The predicted octanol–water partition coefficient (Wildman–Crippen LogP) is 0.198. The first-order chi connectivity index (χ1) is 9.94. The van der Waals surface area contributed by atoms with Crippen molar-refractivity contribution in [2.75, 3.05) is 25.4 Å². The second-order valence-electron chi connectivity index (χ2n) is 5.41. The Morgan fingerprint density at radius 2 is 1.86 bits per heavy atom. The molecule has 1 saturated heterocycles. The number of urea groups is 1. The summed E-state index contributed by atoms with van der Waals surface area (Å²) in [7, 11) is -3.42. The minimum Gasteiger partial charge on any atom is -0.353 e. The first-order valence-corrected chi connectivity index (χ1v) is 8.79. The smallest absolute Gasteiger partial charge is 0.317 e. The molecule has 0 spiro atoms. The molecule has 0 aromatic carbocycles. The number of hydrogen-bond donors (Lipinski definition) is 2. The van der Waals surface area contributed by atoms with Crippen LogP contribution in [0.2, 0.25) is 0 Å². The Labute approximate surface area is 125 Å². The standard InChI is InChI=1S/C13H22N4O3S/c14-21(19,20)11-12-3-8-17(9-4-12)13(18)15-5-10-16-6-1-2-7-16/h1-2,6-7,12H,3-5,8-11H2,(H,15,18)(H2,14,19,20). The van der Waals surface area contributed by atoms with Crippen LogP contribution in [0.3, 0.4) is 0 Å². The molecular weight excluding hydrogens is 292 g/mol.